The zero-order chi connectivity index (χ0) is 14.3. The van der Waals surface area contributed by atoms with Crippen molar-refractivity contribution >= 4 is 23.6 Å². The fourth-order valence-electron chi connectivity index (χ4n) is 3.43. The first-order valence-corrected chi connectivity index (χ1v) is 8.49. The molecule has 0 bridgehead atoms. The quantitative estimate of drug-likeness (QED) is 0.820. The van der Waals surface area contributed by atoms with Gasteiger partial charge >= 0.3 is 5.97 Å². The van der Waals surface area contributed by atoms with Gasteiger partial charge < -0.3 is 15.7 Å². The van der Waals surface area contributed by atoms with Crippen LogP contribution in [-0.2, 0) is 9.59 Å². The molecule has 0 radical (unpaired) electrons. The highest BCUT2D eigenvalue weighted by Crippen LogP contribution is 2.46. The summed E-state index contributed by atoms with van der Waals surface area (Å²) >= 11 is 1.63. The number of carboxylic acids is 1. The number of amides is 1. The maximum absolute atomic E-state index is 12.6. The Morgan fingerprint density at radius 1 is 1.30 bits per heavy atom. The van der Waals surface area contributed by atoms with Crippen LogP contribution in [0.2, 0.25) is 0 Å². The van der Waals surface area contributed by atoms with Crippen LogP contribution >= 0.6 is 11.8 Å². The van der Waals surface area contributed by atoms with E-state index < -0.39 is 17.6 Å². The number of thioether (sulfide) groups is 1. The van der Waals surface area contributed by atoms with E-state index in [9.17, 15) is 14.7 Å². The lowest BCUT2D eigenvalue weighted by atomic mass is 9.93. The molecular weight excluding hydrogens is 276 g/mol. The fraction of sp³-hybridized carbons (Fsp3) is 0.857. The highest BCUT2D eigenvalue weighted by atomic mass is 32.2. The molecule has 0 spiro atoms. The van der Waals surface area contributed by atoms with Gasteiger partial charge in [0.15, 0.2) is 0 Å². The van der Waals surface area contributed by atoms with Crippen LogP contribution in [0.5, 0.6) is 0 Å². The summed E-state index contributed by atoms with van der Waals surface area (Å²) in [7, 11) is 0. The minimum absolute atomic E-state index is 0.0521. The van der Waals surface area contributed by atoms with Crippen LogP contribution < -0.4 is 5.73 Å². The van der Waals surface area contributed by atoms with Gasteiger partial charge in [0.05, 0.1) is 5.37 Å². The van der Waals surface area contributed by atoms with E-state index in [1.807, 2.05) is 0 Å². The van der Waals surface area contributed by atoms with Crippen molar-refractivity contribution in [1.29, 1.82) is 0 Å². The molecule has 1 heterocycles. The fourth-order valence-corrected chi connectivity index (χ4v) is 5.08. The number of rotatable bonds is 4. The predicted octanol–water partition coefficient (Wildman–Crippen LogP) is 1.41. The predicted molar refractivity (Wildman–Crippen MR) is 77.2 cm³/mol. The number of carboxylic acid groups (broad SMARTS) is 1. The van der Waals surface area contributed by atoms with Crippen LogP contribution in [0.4, 0.5) is 0 Å². The van der Waals surface area contributed by atoms with Crippen LogP contribution in [-0.4, -0.2) is 44.6 Å². The molecule has 2 atom stereocenters. The number of carbonyl (C=O) groups excluding carboxylic acids is 1. The third-order valence-corrected chi connectivity index (χ3v) is 6.20. The van der Waals surface area contributed by atoms with Gasteiger partial charge in [0.2, 0.25) is 5.91 Å². The highest BCUT2D eigenvalue weighted by Gasteiger charge is 2.49. The molecule has 0 aromatic carbocycles. The molecule has 3 rings (SSSR count). The SMILES string of the molecule is NC1(CC(=O)N2C(C(=O)O)CSC2C2CC2)CCCC1. The van der Waals surface area contributed by atoms with E-state index in [1.165, 1.54) is 0 Å². The standard InChI is InChI=1S/C14H22N2O3S/c15-14(5-1-2-6-14)7-11(17)16-10(13(18)19)8-20-12(16)9-3-4-9/h9-10,12H,1-8,15H2,(H,18,19). The second kappa shape index (κ2) is 5.22. The molecule has 1 aliphatic heterocycles. The largest absolute Gasteiger partial charge is 0.480 e. The molecule has 0 aromatic heterocycles. The molecule has 0 aromatic rings. The Morgan fingerprint density at radius 2 is 1.95 bits per heavy atom. The number of hydrogen-bond acceptors (Lipinski definition) is 4. The van der Waals surface area contributed by atoms with Gasteiger partial charge in [0, 0.05) is 17.7 Å². The van der Waals surface area contributed by atoms with Crippen molar-refractivity contribution in [3.05, 3.63) is 0 Å². The van der Waals surface area contributed by atoms with Gasteiger partial charge in [0.25, 0.3) is 0 Å². The van der Waals surface area contributed by atoms with E-state index in [-0.39, 0.29) is 11.3 Å². The van der Waals surface area contributed by atoms with Crippen molar-refractivity contribution in [2.24, 2.45) is 11.7 Å². The first-order valence-electron chi connectivity index (χ1n) is 7.45. The Hall–Kier alpha value is -0.750. The van der Waals surface area contributed by atoms with Crippen molar-refractivity contribution in [3.8, 4) is 0 Å². The topological polar surface area (TPSA) is 83.6 Å². The monoisotopic (exact) mass is 298 g/mol. The minimum atomic E-state index is -0.883. The van der Waals surface area contributed by atoms with Crippen molar-refractivity contribution in [2.75, 3.05) is 5.75 Å². The number of hydrogen-bond donors (Lipinski definition) is 2. The van der Waals surface area contributed by atoms with Crippen LogP contribution in [0, 0.1) is 5.92 Å². The van der Waals surface area contributed by atoms with Gasteiger partial charge in [-0.3, -0.25) is 4.79 Å². The molecule has 1 saturated heterocycles. The van der Waals surface area contributed by atoms with Gasteiger partial charge in [-0.05, 0) is 31.6 Å². The number of carbonyl (C=O) groups is 2. The molecule has 3 fully saturated rings. The van der Waals surface area contributed by atoms with Crippen LogP contribution in [0.1, 0.15) is 44.9 Å². The molecule has 2 unspecified atom stereocenters. The molecule has 5 nitrogen and oxygen atoms in total. The van der Waals surface area contributed by atoms with Crippen molar-refractivity contribution in [2.45, 2.75) is 61.9 Å². The average molecular weight is 298 g/mol. The van der Waals surface area contributed by atoms with E-state index in [2.05, 4.69) is 0 Å². The summed E-state index contributed by atoms with van der Waals surface area (Å²) in [4.78, 5) is 25.7. The molecule has 6 heteroatoms. The first-order chi connectivity index (χ1) is 9.50. The lowest BCUT2D eigenvalue weighted by Crippen LogP contribution is -2.50. The van der Waals surface area contributed by atoms with E-state index in [0.29, 0.717) is 18.1 Å². The van der Waals surface area contributed by atoms with Gasteiger partial charge in [-0.15, -0.1) is 11.8 Å². The highest BCUT2D eigenvalue weighted by molar-refractivity contribution is 8.00. The third kappa shape index (κ3) is 2.68. The number of nitrogens with two attached hydrogens (primary N) is 1. The maximum atomic E-state index is 12.6. The normalized spacial score (nSPS) is 32.5. The Kier molecular flexibility index (Phi) is 3.71. The second-order valence-corrected chi connectivity index (χ2v) is 7.61. The first kappa shape index (κ1) is 14.2. The molecule has 3 N–H and O–H groups in total. The van der Waals surface area contributed by atoms with E-state index in [4.69, 9.17) is 5.73 Å². The number of nitrogens with zero attached hydrogens (tertiary/aromatic N) is 1. The summed E-state index contributed by atoms with van der Waals surface area (Å²) < 4.78 is 0. The van der Waals surface area contributed by atoms with Gasteiger partial charge in [-0.25, -0.2) is 4.79 Å². The summed E-state index contributed by atoms with van der Waals surface area (Å²) in [6, 6.07) is -0.664. The van der Waals surface area contributed by atoms with Crippen molar-refractivity contribution in [1.82, 2.24) is 4.90 Å². The smallest absolute Gasteiger partial charge is 0.327 e. The molecule has 3 aliphatic rings. The zero-order valence-corrected chi connectivity index (χ0v) is 12.4. The molecule has 112 valence electrons. The Balaban J connectivity index is 1.73. The lowest BCUT2D eigenvalue weighted by molar-refractivity contribution is -0.149. The van der Waals surface area contributed by atoms with Gasteiger partial charge in [0.1, 0.15) is 6.04 Å². The summed E-state index contributed by atoms with van der Waals surface area (Å²) in [6.07, 6.45) is 6.45. The van der Waals surface area contributed by atoms with E-state index in [1.54, 1.807) is 16.7 Å². The Bertz CT molecular complexity index is 419. The molecular formula is C14H22N2O3S. The summed E-state index contributed by atoms with van der Waals surface area (Å²) in [6.45, 7) is 0. The van der Waals surface area contributed by atoms with E-state index in [0.717, 1.165) is 38.5 Å². The summed E-state index contributed by atoms with van der Waals surface area (Å²) in [5.41, 5.74) is 5.88. The lowest BCUT2D eigenvalue weighted by Gasteiger charge is -2.31. The van der Waals surface area contributed by atoms with Crippen LogP contribution in [0.3, 0.4) is 0 Å². The Labute approximate surface area is 123 Å². The molecule has 2 saturated carbocycles. The van der Waals surface area contributed by atoms with Gasteiger partial charge in [-0.2, -0.15) is 0 Å². The van der Waals surface area contributed by atoms with Crippen molar-refractivity contribution in [3.63, 3.8) is 0 Å². The van der Waals surface area contributed by atoms with E-state index >= 15 is 0 Å². The van der Waals surface area contributed by atoms with Crippen LogP contribution in [0.15, 0.2) is 0 Å². The summed E-state index contributed by atoms with van der Waals surface area (Å²) in [5.74, 6) is 0.0700. The van der Waals surface area contributed by atoms with Crippen LogP contribution in [0.25, 0.3) is 0 Å². The van der Waals surface area contributed by atoms with Gasteiger partial charge in [-0.1, -0.05) is 12.8 Å². The van der Waals surface area contributed by atoms with Crippen molar-refractivity contribution < 1.29 is 14.7 Å². The second-order valence-electron chi connectivity index (χ2n) is 6.46. The summed E-state index contributed by atoms with van der Waals surface area (Å²) in [5, 5.41) is 9.40. The zero-order valence-electron chi connectivity index (χ0n) is 11.6. The molecule has 2 aliphatic carbocycles. The molecule has 20 heavy (non-hydrogen) atoms. The minimum Gasteiger partial charge on any atom is -0.480 e. The maximum Gasteiger partial charge on any atom is 0.327 e. The molecule has 1 amide bonds. The Morgan fingerprint density at radius 3 is 2.50 bits per heavy atom. The average Bonchev–Trinajstić information content (AvgIpc) is 2.97. The third-order valence-electron chi connectivity index (χ3n) is 4.74. The number of aliphatic carboxylic acids is 1.